The minimum absolute atomic E-state index is 0.153. The van der Waals surface area contributed by atoms with E-state index < -0.39 is 0 Å². The number of hydrogen-bond donors (Lipinski definition) is 2. The number of rotatable bonds is 8. The van der Waals surface area contributed by atoms with E-state index in [-0.39, 0.29) is 17.6 Å². The Labute approximate surface area is 199 Å². The zero-order valence-electron chi connectivity index (χ0n) is 17.9. The maximum atomic E-state index is 12.6. The molecule has 0 fully saturated rings. The van der Waals surface area contributed by atoms with Crippen LogP contribution in [0.2, 0.25) is 0 Å². The molecule has 2 aromatic heterocycles. The molecule has 2 heterocycles. The summed E-state index contributed by atoms with van der Waals surface area (Å²) in [7, 11) is 1.62. The number of benzene rings is 2. The van der Waals surface area contributed by atoms with Crippen molar-refractivity contribution in [3.8, 4) is 11.4 Å². The first-order valence-corrected chi connectivity index (χ1v) is 11.8. The number of ether oxygens (including phenoxy) is 1. The molecule has 2 N–H and O–H groups in total. The molecule has 8 nitrogen and oxygen atoms in total. The molecule has 2 aromatic carbocycles. The second kappa shape index (κ2) is 10.3. The quantitative estimate of drug-likeness (QED) is 0.358. The summed E-state index contributed by atoms with van der Waals surface area (Å²) in [6, 6.07) is 18.2. The van der Waals surface area contributed by atoms with E-state index in [0.717, 1.165) is 17.3 Å². The fourth-order valence-electron chi connectivity index (χ4n) is 3.07. The molecule has 0 atom stereocenters. The van der Waals surface area contributed by atoms with Gasteiger partial charge in [0.1, 0.15) is 11.6 Å². The SMILES string of the molecule is COc1ccc(-n2c(C)nnc2SCC(=O)Nc2cccc(NC(=O)c3cccs3)c2)cc1. The lowest BCUT2D eigenvalue weighted by Gasteiger charge is -2.10. The molecule has 4 rings (SSSR count). The molecule has 10 heteroatoms. The Hall–Kier alpha value is -3.63. The molecule has 0 unspecified atom stereocenters. The number of thioether (sulfide) groups is 1. The minimum Gasteiger partial charge on any atom is -0.497 e. The van der Waals surface area contributed by atoms with Crippen LogP contribution in [0, 0.1) is 6.92 Å². The largest absolute Gasteiger partial charge is 0.497 e. The second-order valence-corrected chi connectivity index (χ2v) is 8.80. The van der Waals surface area contributed by atoms with Crippen LogP contribution in [-0.4, -0.2) is 39.4 Å². The molecule has 0 aliphatic rings. The monoisotopic (exact) mass is 479 g/mol. The predicted molar refractivity (Wildman–Crippen MR) is 131 cm³/mol. The number of anilines is 2. The number of amides is 2. The Morgan fingerprint density at radius 2 is 1.79 bits per heavy atom. The van der Waals surface area contributed by atoms with Gasteiger partial charge in [-0.3, -0.25) is 14.2 Å². The number of aryl methyl sites for hydroxylation is 1. The van der Waals surface area contributed by atoms with E-state index in [2.05, 4.69) is 20.8 Å². The third kappa shape index (κ3) is 5.60. The standard InChI is InChI=1S/C23H21N5O3S2/c1-15-26-27-23(28(15)18-8-10-19(31-2)11-9-18)33-14-21(29)24-16-5-3-6-17(13-16)25-22(30)20-7-4-12-32-20/h3-13H,14H2,1-2H3,(H,24,29)(H,25,30). The van der Waals surface area contributed by atoms with Crippen molar-refractivity contribution < 1.29 is 14.3 Å². The van der Waals surface area contributed by atoms with Crippen molar-refractivity contribution >= 4 is 46.3 Å². The van der Waals surface area contributed by atoms with E-state index in [1.54, 1.807) is 37.4 Å². The summed E-state index contributed by atoms with van der Waals surface area (Å²) in [4.78, 5) is 25.4. The Balaban J connectivity index is 1.38. The minimum atomic E-state index is -0.191. The van der Waals surface area contributed by atoms with Gasteiger partial charge in [-0.2, -0.15) is 0 Å². The number of carbonyl (C=O) groups is 2. The molecule has 4 aromatic rings. The maximum Gasteiger partial charge on any atom is 0.265 e. The number of thiophene rings is 1. The van der Waals surface area contributed by atoms with Gasteiger partial charge in [0, 0.05) is 17.1 Å². The van der Waals surface area contributed by atoms with Gasteiger partial charge in [0.2, 0.25) is 5.91 Å². The third-order valence-corrected chi connectivity index (χ3v) is 6.40. The highest BCUT2D eigenvalue weighted by Crippen LogP contribution is 2.24. The summed E-state index contributed by atoms with van der Waals surface area (Å²) in [5, 5.41) is 16.5. The van der Waals surface area contributed by atoms with Gasteiger partial charge >= 0.3 is 0 Å². The van der Waals surface area contributed by atoms with Gasteiger partial charge in [-0.25, -0.2) is 0 Å². The van der Waals surface area contributed by atoms with Crippen LogP contribution in [0.5, 0.6) is 5.75 Å². The van der Waals surface area contributed by atoms with E-state index in [1.807, 2.05) is 47.2 Å². The van der Waals surface area contributed by atoms with Crippen LogP contribution in [0.15, 0.2) is 71.2 Å². The summed E-state index contributed by atoms with van der Waals surface area (Å²) in [6.45, 7) is 1.86. The van der Waals surface area contributed by atoms with E-state index in [4.69, 9.17) is 4.74 Å². The zero-order valence-corrected chi connectivity index (χ0v) is 19.6. The van der Waals surface area contributed by atoms with E-state index in [0.29, 0.717) is 21.4 Å². The number of nitrogens with zero attached hydrogens (tertiary/aromatic N) is 3. The lowest BCUT2D eigenvalue weighted by atomic mass is 10.2. The average Bonchev–Trinajstić information content (AvgIpc) is 3.48. The van der Waals surface area contributed by atoms with Crippen LogP contribution in [0.25, 0.3) is 5.69 Å². The van der Waals surface area contributed by atoms with E-state index in [9.17, 15) is 9.59 Å². The fraction of sp³-hybridized carbons (Fsp3) is 0.130. The number of carbonyl (C=O) groups excluding carboxylic acids is 2. The van der Waals surface area contributed by atoms with Crippen LogP contribution in [0.1, 0.15) is 15.5 Å². The lowest BCUT2D eigenvalue weighted by Crippen LogP contribution is -2.15. The number of hydrogen-bond acceptors (Lipinski definition) is 7. The summed E-state index contributed by atoms with van der Waals surface area (Å²) in [5.74, 6) is 1.25. The molecule has 0 aliphatic heterocycles. The molecule has 33 heavy (non-hydrogen) atoms. The van der Waals surface area contributed by atoms with Crippen molar-refractivity contribution in [3.05, 3.63) is 76.7 Å². The molecule has 168 valence electrons. The van der Waals surface area contributed by atoms with Gasteiger partial charge in [-0.05, 0) is 60.8 Å². The molecule has 0 bridgehead atoms. The number of methoxy groups -OCH3 is 1. The molecular weight excluding hydrogens is 458 g/mol. The summed E-state index contributed by atoms with van der Waals surface area (Å²) in [6.07, 6.45) is 0. The van der Waals surface area contributed by atoms with Gasteiger partial charge in [-0.1, -0.05) is 23.9 Å². The highest BCUT2D eigenvalue weighted by Gasteiger charge is 2.14. The van der Waals surface area contributed by atoms with E-state index in [1.165, 1.54) is 23.1 Å². The Kier molecular flexibility index (Phi) is 7.06. The van der Waals surface area contributed by atoms with Crippen LogP contribution >= 0.6 is 23.1 Å². The summed E-state index contributed by atoms with van der Waals surface area (Å²) in [5.41, 5.74) is 2.08. The summed E-state index contributed by atoms with van der Waals surface area (Å²) >= 11 is 2.66. The highest BCUT2D eigenvalue weighted by atomic mass is 32.2. The first kappa shape index (κ1) is 22.6. The van der Waals surface area contributed by atoms with E-state index >= 15 is 0 Å². The second-order valence-electron chi connectivity index (χ2n) is 6.91. The van der Waals surface area contributed by atoms with Gasteiger partial charge in [-0.15, -0.1) is 21.5 Å². The number of aromatic nitrogens is 3. The number of nitrogens with one attached hydrogen (secondary N) is 2. The zero-order chi connectivity index (χ0) is 23.2. The Morgan fingerprint density at radius 3 is 2.48 bits per heavy atom. The molecule has 0 spiro atoms. The van der Waals surface area contributed by atoms with Crippen molar-refractivity contribution in [1.82, 2.24) is 14.8 Å². The van der Waals surface area contributed by atoms with Crippen LogP contribution in [0.4, 0.5) is 11.4 Å². The van der Waals surface area contributed by atoms with Gasteiger partial charge in [0.15, 0.2) is 5.16 Å². The van der Waals surface area contributed by atoms with Gasteiger partial charge < -0.3 is 15.4 Å². The molecule has 0 saturated heterocycles. The van der Waals surface area contributed by atoms with Crippen LogP contribution < -0.4 is 15.4 Å². The molecule has 0 radical (unpaired) electrons. The molecular formula is C23H21N5O3S2. The third-order valence-electron chi connectivity index (χ3n) is 4.61. The molecule has 0 aliphatic carbocycles. The van der Waals surface area contributed by atoms with Crippen LogP contribution in [-0.2, 0) is 4.79 Å². The first-order valence-electron chi connectivity index (χ1n) is 9.97. The summed E-state index contributed by atoms with van der Waals surface area (Å²) < 4.78 is 7.10. The van der Waals surface area contributed by atoms with Crippen molar-refractivity contribution in [2.75, 3.05) is 23.5 Å². The van der Waals surface area contributed by atoms with Crippen molar-refractivity contribution in [2.24, 2.45) is 0 Å². The van der Waals surface area contributed by atoms with Crippen molar-refractivity contribution in [1.29, 1.82) is 0 Å². The fourth-order valence-corrected chi connectivity index (χ4v) is 4.48. The molecule has 0 saturated carbocycles. The predicted octanol–water partition coefficient (Wildman–Crippen LogP) is 4.63. The Bertz CT molecular complexity index is 1250. The van der Waals surface area contributed by atoms with Gasteiger partial charge in [0.25, 0.3) is 5.91 Å². The first-order chi connectivity index (χ1) is 16.0. The van der Waals surface area contributed by atoms with Crippen molar-refractivity contribution in [2.45, 2.75) is 12.1 Å². The topological polar surface area (TPSA) is 98.1 Å². The normalized spacial score (nSPS) is 10.6. The lowest BCUT2D eigenvalue weighted by molar-refractivity contribution is -0.113. The van der Waals surface area contributed by atoms with Gasteiger partial charge in [0.05, 0.1) is 17.7 Å². The van der Waals surface area contributed by atoms with Crippen molar-refractivity contribution in [3.63, 3.8) is 0 Å². The molecule has 2 amide bonds. The average molecular weight is 480 g/mol. The Morgan fingerprint density at radius 1 is 1.03 bits per heavy atom. The van der Waals surface area contributed by atoms with Crippen LogP contribution in [0.3, 0.4) is 0 Å². The highest BCUT2D eigenvalue weighted by molar-refractivity contribution is 7.99. The maximum absolute atomic E-state index is 12.6. The smallest absolute Gasteiger partial charge is 0.265 e.